The largest absolute Gasteiger partial charge is 0.310 e. The van der Waals surface area contributed by atoms with Gasteiger partial charge in [-0.05, 0) is 38.3 Å². The second-order valence-electron chi connectivity index (χ2n) is 5.57. The normalized spacial score (nSPS) is 16.1. The van der Waals surface area contributed by atoms with E-state index in [1.807, 2.05) is 32.9 Å². The Hall–Kier alpha value is -0.910. The van der Waals surface area contributed by atoms with Gasteiger partial charge in [0.15, 0.2) is 0 Å². The molecule has 1 N–H and O–H groups in total. The van der Waals surface area contributed by atoms with Gasteiger partial charge in [0.1, 0.15) is 0 Å². The zero-order valence-corrected chi connectivity index (χ0v) is 13.3. The third-order valence-corrected chi connectivity index (χ3v) is 5.86. The average molecular weight is 296 g/mol. The van der Waals surface area contributed by atoms with Crippen LogP contribution in [-0.4, -0.2) is 31.4 Å². The maximum absolute atomic E-state index is 12.8. The molecule has 1 aromatic carbocycles. The molecule has 2 rings (SSSR count). The molecule has 0 aromatic heterocycles. The van der Waals surface area contributed by atoms with E-state index < -0.39 is 10.0 Å². The van der Waals surface area contributed by atoms with Crippen molar-refractivity contribution in [2.24, 2.45) is 0 Å². The third kappa shape index (κ3) is 3.40. The molecule has 0 aliphatic heterocycles. The van der Waals surface area contributed by atoms with Crippen LogP contribution < -0.4 is 5.32 Å². The predicted molar refractivity (Wildman–Crippen MR) is 81.0 cm³/mol. The first kappa shape index (κ1) is 15.5. The minimum absolute atomic E-state index is 0.0329. The van der Waals surface area contributed by atoms with E-state index in [2.05, 4.69) is 5.32 Å². The van der Waals surface area contributed by atoms with Crippen molar-refractivity contribution < 1.29 is 8.42 Å². The zero-order valence-electron chi connectivity index (χ0n) is 12.5. The van der Waals surface area contributed by atoms with E-state index in [4.69, 9.17) is 0 Å². The second kappa shape index (κ2) is 6.24. The molecule has 1 aliphatic rings. The van der Waals surface area contributed by atoms with Gasteiger partial charge in [-0.3, -0.25) is 0 Å². The lowest BCUT2D eigenvalue weighted by molar-refractivity contribution is 0.368. The van der Waals surface area contributed by atoms with E-state index >= 15 is 0 Å². The SMILES string of the molecule is CCN(C(C)C)S(=O)(=O)c1ccccc1CNC1CC1. The highest BCUT2D eigenvalue weighted by atomic mass is 32.2. The van der Waals surface area contributed by atoms with Gasteiger partial charge in [0, 0.05) is 25.2 Å². The molecule has 0 saturated heterocycles. The van der Waals surface area contributed by atoms with Crippen molar-refractivity contribution in [1.29, 1.82) is 0 Å². The van der Waals surface area contributed by atoms with Crippen LogP contribution in [-0.2, 0) is 16.6 Å². The van der Waals surface area contributed by atoms with E-state index in [0.29, 0.717) is 24.0 Å². The number of nitrogens with zero attached hydrogens (tertiary/aromatic N) is 1. The van der Waals surface area contributed by atoms with E-state index in [-0.39, 0.29) is 6.04 Å². The van der Waals surface area contributed by atoms with Crippen LogP contribution in [0.3, 0.4) is 0 Å². The molecule has 5 heteroatoms. The summed E-state index contributed by atoms with van der Waals surface area (Å²) < 4.78 is 27.1. The predicted octanol–water partition coefficient (Wildman–Crippen LogP) is 2.36. The standard InChI is InChI=1S/C15H24N2O2S/c1-4-17(12(2)3)20(18,19)15-8-6-5-7-13(15)11-16-14-9-10-14/h5-8,12,14,16H,4,9-11H2,1-3H3. The fourth-order valence-electron chi connectivity index (χ4n) is 2.38. The molecule has 0 heterocycles. The van der Waals surface area contributed by atoms with Gasteiger partial charge in [0.25, 0.3) is 0 Å². The van der Waals surface area contributed by atoms with Gasteiger partial charge >= 0.3 is 0 Å². The number of rotatable bonds is 7. The van der Waals surface area contributed by atoms with Gasteiger partial charge in [-0.2, -0.15) is 4.31 Å². The number of hydrogen-bond donors (Lipinski definition) is 1. The Balaban J connectivity index is 2.29. The Morgan fingerprint density at radius 2 is 1.95 bits per heavy atom. The maximum Gasteiger partial charge on any atom is 0.243 e. The Morgan fingerprint density at radius 1 is 1.30 bits per heavy atom. The molecule has 0 radical (unpaired) electrons. The second-order valence-corrected chi connectivity index (χ2v) is 7.42. The molecule has 112 valence electrons. The minimum Gasteiger partial charge on any atom is -0.310 e. The van der Waals surface area contributed by atoms with Crippen molar-refractivity contribution in [2.45, 2.75) is 57.1 Å². The maximum atomic E-state index is 12.8. The summed E-state index contributed by atoms with van der Waals surface area (Å²) in [6.07, 6.45) is 2.39. The van der Waals surface area contributed by atoms with Crippen LogP contribution in [0.5, 0.6) is 0 Å². The van der Waals surface area contributed by atoms with Gasteiger partial charge in [-0.25, -0.2) is 8.42 Å². The minimum atomic E-state index is -3.42. The highest BCUT2D eigenvalue weighted by Gasteiger charge is 2.28. The van der Waals surface area contributed by atoms with Crippen molar-refractivity contribution >= 4 is 10.0 Å². The summed E-state index contributed by atoms with van der Waals surface area (Å²) in [5.74, 6) is 0. The summed E-state index contributed by atoms with van der Waals surface area (Å²) >= 11 is 0. The van der Waals surface area contributed by atoms with Crippen LogP contribution >= 0.6 is 0 Å². The molecule has 1 aliphatic carbocycles. The quantitative estimate of drug-likeness (QED) is 0.840. The summed E-state index contributed by atoms with van der Waals surface area (Å²) in [5, 5.41) is 3.39. The molecule has 1 saturated carbocycles. The first-order valence-electron chi connectivity index (χ1n) is 7.30. The molecule has 0 amide bonds. The van der Waals surface area contributed by atoms with Gasteiger partial charge in [0.2, 0.25) is 10.0 Å². The van der Waals surface area contributed by atoms with Gasteiger partial charge in [-0.15, -0.1) is 0 Å². The fourth-order valence-corrected chi connectivity index (χ4v) is 4.25. The number of sulfonamides is 1. The summed E-state index contributed by atoms with van der Waals surface area (Å²) in [7, 11) is -3.42. The zero-order chi connectivity index (χ0) is 14.8. The summed E-state index contributed by atoms with van der Waals surface area (Å²) in [4.78, 5) is 0.434. The molecule has 0 bridgehead atoms. The van der Waals surface area contributed by atoms with Crippen LogP contribution in [0.4, 0.5) is 0 Å². The Kier molecular flexibility index (Phi) is 4.83. The van der Waals surface area contributed by atoms with Crippen LogP contribution in [0.25, 0.3) is 0 Å². The first-order chi connectivity index (χ1) is 9.46. The van der Waals surface area contributed by atoms with E-state index in [1.165, 1.54) is 12.8 Å². The summed E-state index contributed by atoms with van der Waals surface area (Å²) in [6, 6.07) is 7.84. The van der Waals surface area contributed by atoms with Gasteiger partial charge in [0.05, 0.1) is 4.90 Å². The van der Waals surface area contributed by atoms with Crippen molar-refractivity contribution in [2.75, 3.05) is 6.54 Å². The highest BCUT2D eigenvalue weighted by molar-refractivity contribution is 7.89. The lowest BCUT2D eigenvalue weighted by atomic mass is 10.2. The number of hydrogen-bond acceptors (Lipinski definition) is 3. The lowest BCUT2D eigenvalue weighted by Crippen LogP contribution is -2.37. The molecule has 0 atom stereocenters. The van der Waals surface area contributed by atoms with Crippen LogP contribution in [0, 0.1) is 0 Å². The van der Waals surface area contributed by atoms with E-state index in [0.717, 1.165) is 5.56 Å². The first-order valence-corrected chi connectivity index (χ1v) is 8.74. The van der Waals surface area contributed by atoms with E-state index in [9.17, 15) is 8.42 Å². The Bertz CT molecular complexity index is 551. The van der Waals surface area contributed by atoms with E-state index in [1.54, 1.807) is 16.4 Å². The van der Waals surface area contributed by atoms with Crippen LogP contribution in [0.15, 0.2) is 29.2 Å². The molecule has 1 aromatic rings. The molecular weight excluding hydrogens is 272 g/mol. The van der Waals surface area contributed by atoms with Crippen molar-refractivity contribution in [1.82, 2.24) is 9.62 Å². The Morgan fingerprint density at radius 3 is 2.50 bits per heavy atom. The Labute approximate surface area is 122 Å². The van der Waals surface area contributed by atoms with Crippen molar-refractivity contribution in [3.05, 3.63) is 29.8 Å². The average Bonchev–Trinajstić information content (AvgIpc) is 3.20. The molecule has 0 unspecified atom stereocenters. The topological polar surface area (TPSA) is 49.4 Å². The highest BCUT2D eigenvalue weighted by Crippen LogP contribution is 2.24. The molecule has 20 heavy (non-hydrogen) atoms. The monoisotopic (exact) mass is 296 g/mol. The molecular formula is C15H24N2O2S. The fraction of sp³-hybridized carbons (Fsp3) is 0.600. The van der Waals surface area contributed by atoms with Crippen molar-refractivity contribution in [3.63, 3.8) is 0 Å². The van der Waals surface area contributed by atoms with Crippen LogP contribution in [0.1, 0.15) is 39.2 Å². The lowest BCUT2D eigenvalue weighted by Gasteiger charge is -2.25. The number of benzene rings is 1. The van der Waals surface area contributed by atoms with Crippen LogP contribution in [0.2, 0.25) is 0 Å². The molecule has 4 nitrogen and oxygen atoms in total. The number of nitrogens with one attached hydrogen (secondary N) is 1. The van der Waals surface area contributed by atoms with Gasteiger partial charge in [-0.1, -0.05) is 25.1 Å². The van der Waals surface area contributed by atoms with Gasteiger partial charge < -0.3 is 5.32 Å². The van der Waals surface area contributed by atoms with Crippen molar-refractivity contribution in [3.8, 4) is 0 Å². The smallest absolute Gasteiger partial charge is 0.243 e. The molecule has 1 fully saturated rings. The summed E-state index contributed by atoms with van der Waals surface area (Å²) in [5.41, 5.74) is 0.860. The molecule has 0 spiro atoms. The summed E-state index contributed by atoms with van der Waals surface area (Å²) in [6.45, 7) is 6.81. The third-order valence-electron chi connectivity index (χ3n) is 3.61.